The molecule has 3 N–H and O–H groups in total. The molecule has 0 aromatic carbocycles. The monoisotopic (exact) mass is 186 g/mol. The highest BCUT2D eigenvalue weighted by atomic mass is 16.2. The highest BCUT2D eigenvalue weighted by Gasteiger charge is 2.10. The van der Waals surface area contributed by atoms with Crippen LogP contribution >= 0.6 is 0 Å². The fourth-order valence-electron chi connectivity index (χ4n) is 0.669. The van der Waals surface area contributed by atoms with Crippen LogP contribution in [0.4, 0.5) is 0 Å². The zero-order valence-electron chi connectivity index (χ0n) is 7.79. The third-order valence-electron chi connectivity index (χ3n) is 1.58. The van der Waals surface area contributed by atoms with Gasteiger partial charge in [0.05, 0.1) is 6.04 Å². The number of nitrogens with one attached hydrogen (secondary N) is 1. The summed E-state index contributed by atoms with van der Waals surface area (Å²) in [6, 6.07) is -0.563. The van der Waals surface area contributed by atoms with E-state index >= 15 is 0 Å². The van der Waals surface area contributed by atoms with Crippen LogP contribution in [0.3, 0.4) is 0 Å². The smallest absolute Gasteiger partial charge is 0.287 e. The zero-order chi connectivity index (χ0) is 10.4. The van der Waals surface area contributed by atoms with Gasteiger partial charge < -0.3 is 11.1 Å². The molecule has 1 amide bonds. The molecule has 5 nitrogen and oxygen atoms in total. The van der Waals surface area contributed by atoms with Crippen molar-refractivity contribution in [3.63, 3.8) is 0 Å². The molecular formula is C8H14N2O3. The summed E-state index contributed by atoms with van der Waals surface area (Å²) in [7, 11) is 0. The summed E-state index contributed by atoms with van der Waals surface area (Å²) in [5, 5.41) is 2.35. The van der Waals surface area contributed by atoms with E-state index in [0.29, 0.717) is 6.42 Å². The molecule has 0 saturated heterocycles. The first-order valence-electron chi connectivity index (χ1n) is 4.00. The first kappa shape index (κ1) is 11.8. The molecule has 0 aliphatic rings. The Morgan fingerprint density at radius 1 is 1.31 bits per heavy atom. The summed E-state index contributed by atoms with van der Waals surface area (Å²) in [6.45, 7) is 2.82. The summed E-state index contributed by atoms with van der Waals surface area (Å²) in [5.74, 6) is -1.32. The molecule has 0 fully saturated rings. The van der Waals surface area contributed by atoms with Crippen molar-refractivity contribution in [2.24, 2.45) is 5.73 Å². The van der Waals surface area contributed by atoms with E-state index in [9.17, 15) is 14.4 Å². The second-order valence-electron chi connectivity index (χ2n) is 2.82. The normalized spacial score (nSPS) is 11.9. The molecule has 13 heavy (non-hydrogen) atoms. The lowest BCUT2D eigenvalue weighted by molar-refractivity contribution is -0.136. The summed E-state index contributed by atoms with van der Waals surface area (Å²) in [4.78, 5) is 31.8. The Morgan fingerprint density at radius 3 is 2.23 bits per heavy atom. The van der Waals surface area contributed by atoms with Gasteiger partial charge in [-0.1, -0.05) is 0 Å². The second-order valence-corrected chi connectivity index (χ2v) is 2.82. The van der Waals surface area contributed by atoms with Crippen molar-refractivity contribution in [2.45, 2.75) is 26.3 Å². The summed E-state index contributed by atoms with van der Waals surface area (Å²) >= 11 is 0. The van der Waals surface area contributed by atoms with Gasteiger partial charge in [-0.3, -0.25) is 14.4 Å². The number of Topliss-reactive ketones (excluding diaryl/α,β-unsaturated/α-hetero) is 2. The molecule has 0 aliphatic heterocycles. The van der Waals surface area contributed by atoms with Crippen molar-refractivity contribution in [2.75, 3.05) is 6.54 Å². The molecule has 5 heteroatoms. The van der Waals surface area contributed by atoms with E-state index in [0.717, 1.165) is 0 Å². The number of hydrogen-bond acceptors (Lipinski definition) is 4. The highest BCUT2D eigenvalue weighted by molar-refractivity contribution is 6.35. The maximum Gasteiger partial charge on any atom is 0.287 e. The Morgan fingerprint density at radius 2 is 1.85 bits per heavy atom. The molecule has 1 atom stereocenters. The summed E-state index contributed by atoms with van der Waals surface area (Å²) in [6.07, 6.45) is 0.356. The van der Waals surface area contributed by atoms with E-state index in [1.54, 1.807) is 0 Å². The van der Waals surface area contributed by atoms with Crippen LogP contribution in [0.2, 0.25) is 0 Å². The predicted molar refractivity (Wildman–Crippen MR) is 47.0 cm³/mol. The molecule has 1 unspecified atom stereocenters. The zero-order valence-corrected chi connectivity index (χ0v) is 7.79. The Labute approximate surface area is 76.7 Å². The average molecular weight is 186 g/mol. The van der Waals surface area contributed by atoms with E-state index in [2.05, 4.69) is 5.32 Å². The number of amides is 1. The summed E-state index contributed by atoms with van der Waals surface area (Å²) < 4.78 is 0. The minimum atomic E-state index is -0.643. The first-order chi connectivity index (χ1) is 5.95. The third kappa shape index (κ3) is 5.08. The molecule has 0 spiro atoms. The molecular weight excluding hydrogens is 172 g/mol. The van der Waals surface area contributed by atoms with Crippen molar-refractivity contribution in [1.29, 1.82) is 0 Å². The maximum atomic E-state index is 10.7. The van der Waals surface area contributed by atoms with Crippen LogP contribution in [-0.4, -0.2) is 30.1 Å². The number of carbonyl (C=O) groups excluding carboxylic acids is 3. The molecule has 0 rings (SSSR count). The van der Waals surface area contributed by atoms with Gasteiger partial charge in [-0.25, -0.2) is 0 Å². The Balaban J connectivity index is 3.62. The maximum absolute atomic E-state index is 10.7. The fourth-order valence-corrected chi connectivity index (χ4v) is 0.669. The van der Waals surface area contributed by atoms with Gasteiger partial charge >= 0.3 is 0 Å². The van der Waals surface area contributed by atoms with Crippen molar-refractivity contribution in [1.82, 2.24) is 5.32 Å². The minimum absolute atomic E-state index is 0.128. The van der Waals surface area contributed by atoms with Crippen LogP contribution < -0.4 is 11.1 Å². The minimum Gasteiger partial charge on any atom is -0.349 e. The number of rotatable bonds is 5. The molecule has 0 saturated carbocycles. The quantitative estimate of drug-likeness (QED) is 0.539. The number of hydrogen-bond donors (Lipinski definition) is 2. The van der Waals surface area contributed by atoms with Gasteiger partial charge in [0.15, 0.2) is 0 Å². The molecule has 0 aromatic rings. The Kier molecular flexibility index (Phi) is 4.91. The van der Waals surface area contributed by atoms with Gasteiger partial charge in [-0.05, 0) is 13.3 Å². The lowest BCUT2D eigenvalue weighted by Gasteiger charge is -2.07. The number of ketones is 2. The SMILES string of the molecule is CC(=O)C(=O)NCCC(N)C(C)=O. The van der Waals surface area contributed by atoms with E-state index < -0.39 is 17.7 Å². The first-order valence-corrected chi connectivity index (χ1v) is 4.00. The van der Waals surface area contributed by atoms with E-state index in [1.807, 2.05) is 0 Å². The molecule has 0 aliphatic carbocycles. The van der Waals surface area contributed by atoms with Crippen molar-refractivity contribution in [3.8, 4) is 0 Å². The van der Waals surface area contributed by atoms with Crippen molar-refractivity contribution in [3.05, 3.63) is 0 Å². The van der Waals surface area contributed by atoms with E-state index in [-0.39, 0.29) is 12.3 Å². The molecule has 0 radical (unpaired) electrons. The Bertz CT molecular complexity index is 225. The highest BCUT2D eigenvalue weighted by Crippen LogP contribution is 1.87. The van der Waals surface area contributed by atoms with Gasteiger partial charge in [0.1, 0.15) is 5.78 Å². The van der Waals surface area contributed by atoms with E-state index in [1.165, 1.54) is 13.8 Å². The molecule has 0 aromatic heterocycles. The second kappa shape index (κ2) is 5.42. The van der Waals surface area contributed by atoms with Gasteiger partial charge in [0.2, 0.25) is 5.78 Å². The Hall–Kier alpha value is -1.23. The number of carbonyl (C=O) groups is 3. The fraction of sp³-hybridized carbons (Fsp3) is 0.625. The van der Waals surface area contributed by atoms with E-state index in [4.69, 9.17) is 5.73 Å². The molecule has 74 valence electrons. The largest absolute Gasteiger partial charge is 0.349 e. The number of nitrogens with two attached hydrogens (primary N) is 1. The molecule has 0 heterocycles. The van der Waals surface area contributed by atoms with Gasteiger partial charge in [-0.2, -0.15) is 0 Å². The van der Waals surface area contributed by atoms with Crippen LogP contribution in [0, 0.1) is 0 Å². The van der Waals surface area contributed by atoms with Gasteiger partial charge in [0.25, 0.3) is 5.91 Å². The standard InChI is InChI=1S/C8H14N2O3/c1-5(11)7(9)3-4-10-8(13)6(2)12/h7H,3-4,9H2,1-2H3,(H,10,13). The van der Waals surface area contributed by atoms with Crippen molar-refractivity contribution >= 4 is 17.5 Å². The topological polar surface area (TPSA) is 89.3 Å². The molecule has 0 bridgehead atoms. The van der Waals surface area contributed by atoms with Crippen LogP contribution in [0.5, 0.6) is 0 Å². The van der Waals surface area contributed by atoms with Crippen LogP contribution in [-0.2, 0) is 14.4 Å². The van der Waals surface area contributed by atoms with Crippen LogP contribution in [0.25, 0.3) is 0 Å². The van der Waals surface area contributed by atoms with Crippen LogP contribution in [0.15, 0.2) is 0 Å². The van der Waals surface area contributed by atoms with Gasteiger partial charge in [-0.15, -0.1) is 0 Å². The summed E-state index contributed by atoms with van der Waals surface area (Å²) in [5.41, 5.74) is 5.39. The van der Waals surface area contributed by atoms with Crippen LogP contribution in [0.1, 0.15) is 20.3 Å². The van der Waals surface area contributed by atoms with Gasteiger partial charge in [0, 0.05) is 13.5 Å². The predicted octanol–water partition coefficient (Wildman–Crippen LogP) is -1.00. The average Bonchev–Trinajstić information content (AvgIpc) is 2.03. The third-order valence-corrected chi connectivity index (χ3v) is 1.58. The lowest BCUT2D eigenvalue weighted by atomic mass is 10.1. The van der Waals surface area contributed by atoms with Crippen molar-refractivity contribution < 1.29 is 14.4 Å². The lowest BCUT2D eigenvalue weighted by Crippen LogP contribution is -2.36.